The van der Waals surface area contributed by atoms with E-state index in [2.05, 4.69) is 5.32 Å². The molecule has 154 valence electrons. The molecule has 1 aliphatic carbocycles. The molecule has 0 radical (unpaired) electrons. The van der Waals surface area contributed by atoms with Gasteiger partial charge in [-0.25, -0.2) is 4.79 Å². The molecule has 28 heavy (non-hydrogen) atoms. The number of esters is 2. The second-order valence-corrected chi connectivity index (χ2v) is 8.26. The Labute approximate surface area is 169 Å². The quantitative estimate of drug-likeness (QED) is 0.698. The molecule has 1 aromatic rings. The lowest BCUT2D eigenvalue weighted by Gasteiger charge is -2.30. The third kappa shape index (κ3) is 4.72. The van der Waals surface area contributed by atoms with Crippen molar-refractivity contribution in [3.05, 3.63) is 16.0 Å². The Morgan fingerprint density at radius 3 is 2.68 bits per heavy atom. The van der Waals surface area contributed by atoms with Gasteiger partial charge >= 0.3 is 11.9 Å². The van der Waals surface area contributed by atoms with Crippen LogP contribution in [0.25, 0.3) is 0 Å². The number of hydrogen-bond donors (Lipinski definition) is 1. The lowest BCUT2D eigenvalue weighted by atomic mass is 9.98. The van der Waals surface area contributed by atoms with Crippen LogP contribution in [0.5, 0.6) is 0 Å². The maximum absolute atomic E-state index is 12.6. The van der Waals surface area contributed by atoms with Crippen LogP contribution in [0, 0.1) is 5.92 Å². The number of carbonyl (C=O) groups is 3. The lowest BCUT2D eigenvalue weighted by molar-refractivity contribution is -0.150. The highest BCUT2D eigenvalue weighted by Crippen LogP contribution is 2.39. The van der Waals surface area contributed by atoms with Crippen molar-refractivity contribution in [3.8, 4) is 0 Å². The molecule has 3 rings (SSSR count). The smallest absolute Gasteiger partial charge is 0.341 e. The zero-order valence-corrected chi connectivity index (χ0v) is 17.4. The molecule has 2 aliphatic rings. The van der Waals surface area contributed by atoms with Crippen LogP contribution >= 0.6 is 11.3 Å². The van der Waals surface area contributed by atoms with Gasteiger partial charge in [0, 0.05) is 11.4 Å². The third-order valence-corrected chi connectivity index (χ3v) is 6.35. The van der Waals surface area contributed by atoms with Gasteiger partial charge in [-0.3, -0.25) is 14.5 Å². The molecule has 1 aromatic heterocycles. The van der Waals surface area contributed by atoms with E-state index in [1.54, 1.807) is 13.8 Å². The van der Waals surface area contributed by atoms with Crippen LogP contribution in [0.2, 0.25) is 0 Å². The first-order valence-electron chi connectivity index (χ1n) is 10.0. The molecule has 0 saturated carbocycles. The van der Waals surface area contributed by atoms with Gasteiger partial charge in [-0.1, -0.05) is 0 Å². The zero-order chi connectivity index (χ0) is 20.1. The largest absolute Gasteiger partial charge is 0.466 e. The summed E-state index contributed by atoms with van der Waals surface area (Å²) >= 11 is 1.48. The number of carbonyl (C=O) groups excluding carboxylic acids is 3. The van der Waals surface area contributed by atoms with Gasteiger partial charge in [-0.05, 0) is 58.1 Å². The van der Waals surface area contributed by atoms with Crippen molar-refractivity contribution >= 4 is 34.2 Å². The predicted octanol–water partition coefficient (Wildman–Crippen LogP) is 2.63. The summed E-state index contributed by atoms with van der Waals surface area (Å²) in [6.45, 7) is 5.74. The Morgan fingerprint density at radius 1 is 1.14 bits per heavy atom. The van der Waals surface area contributed by atoms with Crippen LogP contribution in [0.1, 0.15) is 53.9 Å². The highest BCUT2D eigenvalue weighted by molar-refractivity contribution is 7.17. The second-order valence-electron chi connectivity index (χ2n) is 7.16. The summed E-state index contributed by atoms with van der Waals surface area (Å²) < 4.78 is 10.3. The van der Waals surface area contributed by atoms with Gasteiger partial charge < -0.3 is 14.8 Å². The number of likely N-dealkylation sites (tertiary alicyclic amines) is 1. The fourth-order valence-electron chi connectivity index (χ4n) is 3.93. The van der Waals surface area contributed by atoms with Crippen LogP contribution in [0.4, 0.5) is 5.00 Å². The third-order valence-electron chi connectivity index (χ3n) is 5.15. The van der Waals surface area contributed by atoms with Gasteiger partial charge in [0.1, 0.15) is 5.00 Å². The minimum absolute atomic E-state index is 0.171. The summed E-state index contributed by atoms with van der Waals surface area (Å²) in [4.78, 5) is 40.2. The molecule has 1 atom stereocenters. The van der Waals surface area contributed by atoms with Crippen molar-refractivity contribution in [1.82, 2.24) is 4.90 Å². The van der Waals surface area contributed by atoms with Crippen molar-refractivity contribution < 1.29 is 23.9 Å². The lowest BCUT2D eigenvalue weighted by Crippen LogP contribution is -2.43. The average Bonchev–Trinajstić information content (AvgIpc) is 3.22. The number of piperidine rings is 1. The Balaban J connectivity index is 1.64. The SMILES string of the molecule is CCOC(=O)c1c(NC(=O)CN2CCC[C@H](C(=O)OCC)C2)sc2c1CCC2. The van der Waals surface area contributed by atoms with Gasteiger partial charge in [0.15, 0.2) is 0 Å². The van der Waals surface area contributed by atoms with Gasteiger partial charge in [-0.15, -0.1) is 11.3 Å². The number of anilines is 1. The van der Waals surface area contributed by atoms with Crippen molar-refractivity contribution in [3.63, 3.8) is 0 Å². The normalized spacial score (nSPS) is 19.1. The molecular formula is C20H28N2O5S. The number of nitrogens with zero attached hydrogens (tertiary/aromatic N) is 1. The van der Waals surface area contributed by atoms with Gasteiger partial charge in [-0.2, -0.15) is 0 Å². The topological polar surface area (TPSA) is 84.9 Å². The Bertz CT molecular complexity index is 745. The minimum Gasteiger partial charge on any atom is -0.466 e. The number of hydrogen-bond acceptors (Lipinski definition) is 7. The van der Waals surface area contributed by atoms with Crippen molar-refractivity contribution in [1.29, 1.82) is 0 Å². The van der Waals surface area contributed by atoms with E-state index in [9.17, 15) is 14.4 Å². The van der Waals surface area contributed by atoms with E-state index in [1.807, 2.05) is 4.90 Å². The highest BCUT2D eigenvalue weighted by Gasteiger charge is 2.30. The monoisotopic (exact) mass is 408 g/mol. The van der Waals surface area contributed by atoms with Crippen LogP contribution in [0.3, 0.4) is 0 Å². The van der Waals surface area contributed by atoms with Crippen molar-refractivity contribution in [2.24, 2.45) is 5.92 Å². The van der Waals surface area contributed by atoms with Crippen LogP contribution in [-0.4, -0.2) is 55.6 Å². The van der Waals surface area contributed by atoms with E-state index in [0.29, 0.717) is 30.3 Å². The van der Waals surface area contributed by atoms with E-state index in [1.165, 1.54) is 16.2 Å². The zero-order valence-electron chi connectivity index (χ0n) is 16.5. The van der Waals surface area contributed by atoms with Gasteiger partial charge in [0.2, 0.25) is 5.91 Å². The van der Waals surface area contributed by atoms with E-state index in [-0.39, 0.29) is 30.3 Å². The van der Waals surface area contributed by atoms with Gasteiger partial charge in [0.25, 0.3) is 0 Å². The maximum atomic E-state index is 12.6. The summed E-state index contributed by atoms with van der Waals surface area (Å²) in [5.41, 5.74) is 1.55. The van der Waals surface area contributed by atoms with E-state index in [4.69, 9.17) is 9.47 Å². The molecular weight excluding hydrogens is 380 g/mol. The fourth-order valence-corrected chi connectivity index (χ4v) is 5.23. The minimum atomic E-state index is -0.363. The molecule has 1 N–H and O–H groups in total. The highest BCUT2D eigenvalue weighted by atomic mass is 32.1. The Hall–Kier alpha value is -1.93. The van der Waals surface area contributed by atoms with E-state index < -0.39 is 0 Å². The molecule has 0 spiro atoms. The summed E-state index contributed by atoms with van der Waals surface area (Å²) in [6.07, 6.45) is 4.48. The molecule has 7 nitrogen and oxygen atoms in total. The van der Waals surface area contributed by atoms with Crippen LogP contribution in [0.15, 0.2) is 0 Å². The van der Waals surface area contributed by atoms with Crippen molar-refractivity contribution in [2.75, 3.05) is 38.2 Å². The molecule has 1 amide bonds. The average molecular weight is 409 g/mol. The number of aryl methyl sites for hydroxylation is 1. The molecule has 1 saturated heterocycles. The molecule has 1 fully saturated rings. The number of rotatable bonds is 7. The molecule has 0 unspecified atom stereocenters. The number of thiophene rings is 1. The number of ether oxygens (including phenoxy) is 2. The summed E-state index contributed by atoms with van der Waals surface area (Å²) in [5, 5.41) is 3.51. The molecule has 2 heterocycles. The van der Waals surface area contributed by atoms with Gasteiger partial charge in [0.05, 0.1) is 31.2 Å². The standard InChI is InChI=1S/C20H28N2O5S/c1-3-26-19(24)13-7-6-10-22(11-13)12-16(23)21-18-17(20(25)27-4-2)14-8-5-9-15(14)28-18/h13H,3-12H2,1-2H3,(H,21,23)/t13-/m0/s1. The first kappa shape index (κ1) is 20.8. The predicted molar refractivity (Wildman–Crippen MR) is 107 cm³/mol. The summed E-state index contributed by atoms with van der Waals surface area (Å²) in [5.74, 6) is -0.901. The molecule has 1 aliphatic heterocycles. The van der Waals surface area contributed by atoms with Crippen LogP contribution in [-0.2, 0) is 31.9 Å². The molecule has 0 aromatic carbocycles. The molecule has 0 bridgehead atoms. The maximum Gasteiger partial charge on any atom is 0.341 e. The number of fused-ring (bicyclic) bond motifs is 1. The molecule has 8 heteroatoms. The summed E-state index contributed by atoms with van der Waals surface area (Å²) in [7, 11) is 0. The Morgan fingerprint density at radius 2 is 1.93 bits per heavy atom. The number of amides is 1. The first-order chi connectivity index (χ1) is 13.5. The first-order valence-corrected chi connectivity index (χ1v) is 10.9. The fraction of sp³-hybridized carbons (Fsp3) is 0.650. The summed E-state index contributed by atoms with van der Waals surface area (Å²) in [6, 6.07) is 0. The van der Waals surface area contributed by atoms with Crippen LogP contribution < -0.4 is 5.32 Å². The Kier molecular flexibility index (Phi) is 7.07. The number of nitrogens with one attached hydrogen (secondary N) is 1. The van der Waals surface area contributed by atoms with E-state index >= 15 is 0 Å². The van der Waals surface area contributed by atoms with E-state index in [0.717, 1.165) is 44.2 Å². The van der Waals surface area contributed by atoms with Crippen molar-refractivity contribution in [2.45, 2.75) is 46.0 Å². The second kappa shape index (κ2) is 9.52.